The van der Waals surface area contributed by atoms with Crippen LogP contribution in [0, 0.1) is 17.2 Å². The first-order chi connectivity index (χ1) is 11.9. The van der Waals surface area contributed by atoms with E-state index in [2.05, 4.69) is 0 Å². The second-order valence-corrected chi connectivity index (χ2v) is 5.40. The molecule has 3 unspecified atom stereocenters. The third kappa shape index (κ3) is 4.17. The lowest BCUT2D eigenvalue weighted by molar-refractivity contribution is -0.143. The van der Waals surface area contributed by atoms with E-state index in [0.717, 1.165) is 6.26 Å². The Labute approximate surface area is 142 Å². The van der Waals surface area contributed by atoms with Crippen molar-refractivity contribution in [2.24, 2.45) is 5.92 Å². The number of aliphatic hydroxyl groups excluding tert-OH is 2. The van der Waals surface area contributed by atoms with Gasteiger partial charge in [-0.1, -0.05) is 0 Å². The largest absolute Gasteiger partial charge is 0.467 e. The maximum Gasteiger partial charge on any atom is 0.416 e. The molecule has 1 aromatic heterocycles. The third-order valence-electron chi connectivity index (χ3n) is 3.62. The molecule has 2 N–H and O–H groups in total. The predicted molar refractivity (Wildman–Crippen MR) is 74.2 cm³/mol. The number of aliphatic hydroxyl groups is 2. The first-order valence-corrected chi connectivity index (χ1v) is 7.03. The molecule has 3 atom stereocenters. The van der Waals surface area contributed by atoms with Gasteiger partial charge in [-0.3, -0.25) is 0 Å². The molecule has 0 saturated carbocycles. The van der Waals surface area contributed by atoms with E-state index >= 15 is 0 Å². The van der Waals surface area contributed by atoms with E-state index in [-0.39, 0.29) is 11.8 Å². The van der Waals surface area contributed by atoms with E-state index in [1.165, 1.54) is 18.2 Å². The lowest BCUT2D eigenvalue weighted by Gasteiger charge is -2.22. The fraction of sp³-hybridized carbons (Fsp3) is 0.312. The lowest BCUT2D eigenvalue weighted by atomic mass is 9.89. The maximum absolute atomic E-state index is 12.9. The normalized spacial score (nSPS) is 16.0. The SMILES string of the molecule is N#CC(C(O)c1cc(C(F)(F)F)cc(C(F)(F)F)c1)C(O)c1ccco1. The molecular formula is C16H11F6NO3. The molecule has 0 radical (unpaired) electrons. The second-order valence-electron chi connectivity index (χ2n) is 5.40. The van der Waals surface area contributed by atoms with Crippen LogP contribution in [0.25, 0.3) is 0 Å². The predicted octanol–water partition coefficient (Wildman–Crippen LogP) is 4.22. The van der Waals surface area contributed by atoms with Crippen molar-refractivity contribution in [1.29, 1.82) is 5.26 Å². The quantitative estimate of drug-likeness (QED) is 0.780. The van der Waals surface area contributed by atoms with Gasteiger partial charge in [0.2, 0.25) is 0 Å². The highest BCUT2D eigenvalue weighted by Crippen LogP contribution is 2.40. The number of alkyl halides is 6. The monoisotopic (exact) mass is 379 g/mol. The van der Waals surface area contributed by atoms with E-state index in [0.29, 0.717) is 12.1 Å². The number of hydrogen-bond acceptors (Lipinski definition) is 4. The van der Waals surface area contributed by atoms with Gasteiger partial charge in [-0.25, -0.2) is 0 Å². The number of rotatable bonds is 4. The van der Waals surface area contributed by atoms with Crippen molar-refractivity contribution >= 4 is 0 Å². The molecule has 2 aromatic rings. The van der Waals surface area contributed by atoms with Gasteiger partial charge in [0.05, 0.1) is 29.6 Å². The molecule has 1 aromatic carbocycles. The van der Waals surface area contributed by atoms with E-state index in [4.69, 9.17) is 9.68 Å². The Morgan fingerprint density at radius 3 is 1.85 bits per heavy atom. The van der Waals surface area contributed by atoms with Crippen molar-refractivity contribution < 1.29 is 41.0 Å². The van der Waals surface area contributed by atoms with Crippen molar-refractivity contribution in [3.8, 4) is 6.07 Å². The van der Waals surface area contributed by atoms with E-state index < -0.39 is 47.2 Å². The summed E-state index contributed by atoms with van der Waals surface area (Å²) in [6.45, 7) is 0. The fourth-order valence-electron chi connectivity index (χ4n) is 2.31. The van der Waals surface area contributed by atoms with Crippen molar-refractivity contribution in [1.82, 2.24) is 0 Å². The number of nitriles is 1. The smallest absolute Gasteiger partial charge is 0.416 e. The molecule has 0 amide bonds. The number of hydrogen-bond donors (Lipinski definition) is 2. The van der Waals surface area contributed by atoms with Gasteiger partial charge in [0.15, 0.2) is 0 Å². The summed E-state index contributed by atoms with van der Waals surface area (Å²) in [5.41, 5.74) is -4.07. The van der Waals surface area contributed by atoms with Crippen molar-refractivity contribution in [3.05, 3.63) is 59.0 Å². The van der Waals surface area contributed by atoms with Gasteiger partial charge in [0.25, 0.3) is 0 Å². The average molecular weight is 379 g/mol. The van der Waals surface area contributed by atoms with Crippen molar-refractivity contribution in [2.45, 2.75) is 24.6 Å². The molecule has 0 spiro atoms. The number of halogens is 6. The summed E-state index contributed by atoms with van der Waals surface area (Å²) in [4.78, 5) is 0. The van der Waals surface area contributed by atoms with Gasteiger partial charge in [0.1, 0.15) is 17.8 Å². The van der Waals surface area contributed by atoms with E-state index in [9.17, 15) is 36.6 Å². The molecule has 1 heterocycles. The Bertz CT molecular complexity index is 760. The van der Waals surface area contributed by atoms with Crippen LogP contribution in [0.1, 0.15) is 34.7 Å². The highest BCUT2D eigenvalue weighted by Gasteiger charge is 2.39. The zero-order chi connectivity index (χ0) is 19.7. The van der Waals surface area contributed by atoms with E-state index in [1.807, 2.05) is 0 Å². The van der Waals surface area contributed by atoms with Crippen molar-refractivity contribution in [2.75, 3.05) is 0 Å². The maximum atomic E-state index is 12.9. The highest BCUT2D eigenvalue weighted by molar-refractivity contribution is 5.35. The van der Waals surface area contributed by atoms with Crippen LogP contribution in [0.4, 0.5) is 26.3 Å². The molecule has 0 fully saturated rings. The molecule has 0 aliphatic carbocycles. The summed E-state index contributed by atoms with van der Waals surface area (Å²) >= 11 is 0. The van der Waals surface area contributed by atoms with Gasteiger partial charge < -0.3 is 14.6 Å². The third-order valence-corrected chi connectivity index (χ3v) is 3.62. The molecule has 26 heavy (non-hydrogen) atoms. The number of benzene rings is 1. The highest BCUT2D eigenvalue weighted by atomic mass is 19.4. The molecule has 2 rings (SSSR count). The van der Waals surface area contributed by atoms with Gasteiger partial charge in [-0.2, -0.15) is 31.6 Å². The van der Waals surface area contributed by atoms with Crippen LogP contribution >= 0.6 is 0 Å². The lowest BCUT2D eigenvalue weighted by Crippen LogP contribution is -2.20. The summed E-state index contributed by atoms with van der Waals surface area (Å²) in [7, 11) is 0. The minimum atomic E-state index is -5.10. The Morgan fingerprint density at radius 1 is 0.923 bits per heavy atom. The van der Waals surface area contributed by atoms with Gasteiger partial charge in [-0.05, 0) is 35.9 Å². The molecule has 140 valence electrons. The Hall–Kier alpha value is -2.51. The van der Waals surface area contributed by atoms with Crippen molar-refractivity contribution in [3.63, 3.8) is 0 Å². The topological polar surface area (TPSA) is 77.4 Å². The number of nitrogens with zero attached hydrogens (tertiary/aromatic N) is 1. The molecule has 0 aliphatic rings. The van der Waals surface area contributed by atoms with E-state index in [1.54, 1.807) is 0 Å². The van der Waals surface area contributed by atoms with Crippen LogP contribution in [0.2, 0.25) is 0 Å². The van der Waals surface area contributed by atoms with Gasteiger partial charge in [-0.15, -0.1) is 0 Å². The summed E-state index contributed by atoms with van der Waals surface area (Å²) < 4.78 is 82.2. The first kappa shape index (κ1) is 19.8. The van der Waals surface area contributed by atoms with Gasteiger partial charge >= 0.3 is 12.4 Å². The first-order valence-electron chi connectivity index (χ1n) is 7.03. The zero-order valence-corrected chi connectivity index (χ0v) is 12.7. The fourth-order valence-corrected chi connectivity index (χ4v) is 2.31. The minimum absolute atomic E-state index is 0.0967. The summed E-state index contributed by atoms with van der Waals surface area (Å²) in [5.74, 6) is -1.93. The molecule has 0 saturated heterocycles. The van der Waals surface area contributed by atoms with Crippen LogP contribution in [-0.4, -0.2) is 10.2 Å². The van der Waals surface area contributed by atoms with Crippen LogP contribution in [0.3, 0.4) is 0 Å². The molecule has 4 nitrogen and oxygen atoms in total. The summed E-state index contributed by atoms with van der Waals surface area (Å²) in [6, 6.07) is 4.59. The van der Waals surface area contributed by atoms with Crippen LogP contribution in [0.15, 0.2) is 41.0 Å². The molecular weight excluding hydrogens is 368 g/mol. The Kier molecular flexibility index (Phi) is 5.34. The zero-order valence-electron chi connectivity index (χ0n) is 12.7. The molecule has 10 heteroatoms. The Morgan fingerprint density at radius 2 is 1.46 bits per heavy atom. The second kappa shape index (κ2) is 7.01. The minimum Gasteiger partial charge on any atom is -0.467 e. The van der Waals surface area contributed by atoms with Gasteiger partial charge in [0, 0.05) is 0 Å². The molecule has 0 bridgehead atoms. The standard InChI is InChI=1S/C16H11F6NO3/c17-15(18,19)9-4-8(5-10(6-9)16(20,21)22)13(24)11(7-23)14(25)12-2-1-3-26-12/h1-6,11,13-14,24-25H. The van der Waals surface area contributed by atoms with Crippen LogP contribution < -0.4 is 0 Å². The molecule has 0 aliphatic heterocycles. The summed E-state index contributed by atoms with van der Waals surface area (Å²) in [5, 5.41) is 29.3. The number of furan rings is 1. The van der Waals surface area contributed by atoms with Crippen LogP contribution in [0.5, 0.6) is 0 Å². The Balaban J connectivity index is 2.49. The van der Waals surface area contributed by atoms with Crippen LogP contribution in [-0.2, 0) is 12.4 Å². The summed E-state index contributed by atoms with van der Waals surface area (Å²) in [6.07, 6.45) is -12.9. The average Bonchev–Trinajstić information content (AvgIpc) is 3.07.